The first kappa shape index (κ1) is 18.2. The molecular formula is C21H21F2N5O. The Bertz CT molecular complexity index is 1080. The number of rotatable bonds is 3. The Hall–Kier alpha value is -2.87. The maximum atomic E-state index is 14.4. The predicted octanol–water partition coefficient (Wildman–Crippen LogP) is 3.22. The third kappa shape index (κ3) is 3.17. The molecule has 3 aromatic rings. The molecule has 8 heteroatoms. The number of aliphatic hydroxyl groups is 1. The summed E-state index contributed by atoms with van der Waals surface area (Å²) in [5, 5.41) is 10.1. The fourth-order valence-electron chi connectivity index (χ4n) is 4.37. The van der Waals surface area contributed by atoms with Crippen LogP contribution in [0, 0.1) is 11.6 Å². The van der Waals surface area contributed by atoms with Gasteiger partial charge in [0.1, 0.15) is 29.3 Å². The fourth-order valence-corrected chi connectivity index (χ4v) is 4.37. The van der Waals surface area contributed by atoms with Crippen molar-refractivity contribution in [1.82, 2.24) is 15.0 Å². The van der Waals surface area contributed by atoms with Crippen molar-refractivity contribution < 1.29 is 13.9 Å². The van der Waals surface area contributed by atoms with E-state index in [-0.39, 0.29) is 6.04 Å². The second-order valence-corrected chi connectivity index (χ2v) is 8.10. The molecule has 150 valence electrons. The second kappa shape index (κ2) is 6.59. The lowest BCUT2D eigenvalue weighted by atomic mass is 9.97. The molecule has 2 saturated heterocycles. The van der Waals surface area contributed by atoms with Gasteiger partial charge in [-0.15, -0.1) is 0 Å². The lowest BCUT2D eigenvalue weighted by Gasteiger charge is -2.44. The van der Waals surface area contributed by atoms with Crippen molar-refractivity contribution in [2.45, 2.75) is 31.4 Å². The molecule has 4 heterocycles. The van der Waals surface area contributed by atoms with E-state index >= 15 is 0 Å². The van der Waals surface area contributed by atoms with Gasteiger partial charge in [0.15, 0.2) is 5.82 Å². The summed E-state index contributed by atoms with van der Waals surface area (Å²) in [5.74, 6) is 0.513. The number of benzene rings is 1. The van der Waals surface area contributed by atoms with E-state index in [0.717, 1.165) is 18.9 Å². The highest BCUT2D eigenvalue weighted by atomic mass is 19.1. The van der Waals surface area contributed by atoms with Crippen LogP contribution in [0.15, 0.2) is 36.7 Å². The number of aromatic nitrogens is 3. The summed E-state index contributed by atoms with van der Waals surface area (Å²) in [6.07, 6.45) is 3.09. The van der Waals surface area contributed by atoms with Crippen molar-refractivity contribution in [3.8, 4) is 0 Å². The van der Waals surface area contributed by atoms with Crippen molar-refractivity contribution in [2.24, 2.45) is 0 Å². The van der Waals surface area contributed by atoms with E-state index < -0.39 is 17.2 Å². The van der Waals surface area contributed by atoms with Crippen LogP contribution in [0.3, 0.4) is 0 Å². The Balaban J connectivity index is 1.54. The van der Waals surface area contributed by atoms with E-state index in [0.29, 0.717) is 47.9 Å². The van der Waals surface area contributed by atoms with Crippen LogP contribution >= 0.6 is 0 Å². The maximum Gasteiger partial charge on any atom is 0.158 e. The molecule has 1 N–H and O–H groups in total. The summed E-state index contributed by atoms with van der Waals surface area (Å²) in [7, 11) is 0. The van der Waals surface area contributed by atoms with Crippen molar-refractivity contribution in [3.63, 3.8) is 0 Å². The topological polar surface area (TPSA) is 65.4 Å². The van der Waals surface area contributed by atoms with E-state index in [1.165, 1.54) is 18.5 Å². The third-order valence-corrected chi connectivity index (χ3v) is 5.67. The molecule has 2 fully saturated rings. The highest BCUT2D eigenvalue weighted by Gasteiger charge is 2.38. The molecule has 2 aliphatic heterocycles. The first-order valence-corrected chi connectivity index (χ1v) is 9.72. The molecule has 6 nitrogen and oxygen atoms in total. The zero-order valence-electron chi connectivity index (χ0n) is 16.0. The van der Waals surface area contributed by atoms with Gasteiger partial charge in [0, 0.05) is 25.2 Å². The summed E-state index contributed by atoms with van der Waals surface area (Å²) in [4.78, 5) is 17.5. The molecule has 29 heavy (non-hydrogen) atoms. The summed E-state index contributed by atoms with van der Waals surface area (Å²) >= 11 is 0. The Morgan fingerprint density at radius 1 is 1.14 bits per heavy atom. The van der Waals surface area contributed by atoms with Crippen molar-refractivity contribution in [2.75, 3.05) is 29.4 Å². The van der Waals surface area contributed by atoms with Gasteiger partial charge in [-0.25, -0.2) is 23.7 Å². The van der Waals surface area contributed by atoms with Gasteiger partial charge >= 0.3 is 0 Å². The molecule has 0 amide bonds. The van der Waals surface area contributed by atoms with Crippen LogP contribution in [0.1, 0.15) is 31.4 Å². The van der Waals surface area contributed by atoms with Gasteiger partial charge in [-0.05, 0) is 50.1 Å². The van der Waals surface area contributed by atoms with E-state index in [4.69, 9.17) is 4.98 Å². The number of anilines is 2. The van der Waals surface area contributed by atoms with Gasteiger partial charge in [0.25, 0.3) is 0 Å². The molecule has 2 aliphatic rings. The number of fused-ring (bicyclic) bond motifs is 1. The summed E-state index contributed by atoms with van der Waals surface area (Å²) in [6, 6.07) is 7.05. The van der Waals surface area contributed by atoms with E-state index in [2.05, 4.69) is 9.97 Å². The number of hydrogen-bond donors (Lipinski definition) is 1. The third-order valence-electron chi connectivity index (χ3n) is 5.67. The van der Waals surface area contributed by atoms with Crippen LogP contribution in [0.5, 0.6) is 0 Å². The van der Waals surface area contributed by atoms with Gasteiger partial charge in [0.2, 0.25) is 0 Å². The van der Waals surface area contributed by atoms with Gasteiger partial charge in [-0.3, -0.25) is 0 Å². The minimum atomic E-state index is -0.732. The number of hydrogen-bond acceptors (Lipinski definition) is 6. The van der Waals surface area contributed by atoms with Gasteiger partial charge in [0.05, 0.1) is 17.2 Å². The average molecular weight is 397 g/mol. The minimum Gasteiger partial charge on any atom is -0.386 e. The van der Waals surface area contributed by atoms with Crippen LogP contribution in [0.2, 0.25) is 0 Å². The van der Waals surface area contributed by atoms with Gasteiger partial charge in [-0.1, -0.05) is 0 Å². The first-order chi connectivity index (χ1) is 13.9. The van der Waals surface area contributed by atoms with E-state index in [1.54, 1.807) is 6.92 Å². The van der Waals surface area contributed by atoms with Crippen LogP contribution in [-0.4, -0.2) is 45.3 Å². The SMILES string of the molecule is CC1(O)CN(c2ncnc3ccc(N4CCC[C@@H]4c4cc(F)ccc4F)nc23)C1. The fraction of sp³-hybridized carbons (Fsp3) is 0.381. The van der Waals surface area contributed by atoms with Crippen molar-refractivity contribution >= 4 is 22.7 Å². The normalized spacial score (nSPS) is 20.9. The molecule has 0 unspecified atom stereocenters. The molecule has 2 aromatic heterocycles. The molecule has 0 radical (unpaired) electrons. The van der Waals surface area contributed by atoms with Crippen LogP contribution in [-0.2, 0) is 0 Å². The lowest BCUT2D eigenvalue weighted by Crippen LogP contribution is -2.60. The maximum absolute atomic E-state index is 14.4. The summed E-state index contributed by atoms with van der Waals surface area (Å²) in [6.45, 7) is 3.45. The Kier molecular flexibility index (Phi) is 4.13. The second-order valence-electron chi connectivity index (χ2n) is 8.10. The Morgan fingerprint density at radius 3 is 2.76 bits per heavy atom. The molecule has 1 aromatic carbocycles. The average Bonchev–Trinajstić information content (AvgIpc) is 3.16. The number of halogens is 2. The highest BCUT2D eigenvalue weighted by Crippen LogP contribution is 2.38. The molecular weight excluding hydrogens is 376 g/mol. The molecule has 1 atom stereocenters. The summed E-state index contributed by atoms with van der Waals surface area (Å²) in [5.41, 5.74) is 0.973. The first-order valence-electron chi connectivity index (χ1n) is 9.72. The predicted molar refractivity (Wildman–Crippen MR) is 106 cm³/mol. The van der Waals surface area contributed by atoms with E-state index in [1.807, 2.05) is 21.9 Å². The monoisotopic (exact) mass is 397 g/mol. The number of β-amino-alcohol motifs (C(OH)–C–C–N with tert-alkyl or cyclic N) is 1. The molecule has 5 rings (SSSR count). The van der Waals surface area contributed by atoms with Crippen LogP contribution in [0.4, 0.5) is 20.4 Å². The smallest absolute Gasteiger partial charge is 0.158 e. The van der Waals surface area contributed by atoms with Gasteiger partial charge in [-0.2, -0.15) is 0 Å². The molecule has 0 spiro atoms. The molecule has 0 aliphatic carbocycles. The quantitative estimate of drug-likeness (QED) is 0.732. The van der Waals surface area contributed by atoms with Crippen molar-refractivity contribution in [1.29, 1.82) is 0 Å². The molecule has 0 bridgehead atoms. The number of pyridine rings is 1. The Labute approximate surface area is 166 Å². The largest absolute Gasteiger partial charge is 0.386 e. The van der Waals surface area contributed by atoms with Crippen LogP contribution in [0.25, 0.3) is 11.0 Å². The zero-order valence-corrected chi connectivity index (χ0v) is 16.0. The number of nitrogens with zero attached hydrogens (tertiary/aromatic N) is 5. The molecule has 0 saturated carbocycles. The van der Waals surface area contributed by atoms with Crippen LogP contribution < -0.4 is 9.80 Å². The van der Waals surface area contributed by atoms with Crippen molar-refractivity contribution in [3.05, 3.63) is 53.9 Å². The summed E-state index contributed by atoms with van der Waals surface area (Å²) < 4.78 is 28.1. The minimum absolute atomic E-state index is 0.270. The zero-order chi connectivity index (χ0) is 20.2. The Morgan fingerprint density at radius 2 is 1.97 bits per heavy atom. The van der Waals surface area contributed by atoms with E-state index in [9.17, 15) is 13.9 Å². The standard InChI is InChI=1S/C21H21F2N5O/c1-21(29)10-27(11-21)20-19-16(24-12-25-20)6-7-18(26-19)28-8-2-3-17(28)14-9-13(22)4-5-15(14)23/h4-7,9,12,17,29H,2-3,8,10-11H2,1H3/t17-/m1/s1. The van der Waals surface area contributed by atoms with Gasteiger partial charge < -0.3 is 14.9 Å². The lowest BCUT2D eigenvalue weighted by molar-refractivity contribution is 0.0307. The highest BCUT2D eigenvalue weighted by molar-refractivity contribution is 5.87.